The van der Waals surface area contributed by atoms with E-state index in [1.807, 2.05) is 19.9 Å². The van der Waals surface area contributed by atoms with Crippen LogP contribution in [0.5, 0.6) is 0 Å². The van der Waals surface area contributed by atoms with Gasteiger partial charge in [0.15, 0.2) is 15.4 Å². The van der Waals surface area contributed by atoms with Gasteiger partial charge in [0, 0.05) is 36.5 Å². The van der Waals surface area contributed by atoms with E-state index < -0.39 is 21.4 Å². The third-order valence-electron chi connectivity index (χ3n) is 6.70. The molecule has 0 aliphatic carbocycles. The fourth-order valence-corrected chi connectivity index (χ4v) is 5.82. The molecule has 1 unspecified atom stereocenters. The Morgan fingerprint density at radius 1 is 1.23 bits per heavy atom. The van der Waals surface area contributed by atoms with Gasteiger partial charge in [0.1, 0.15) is 0 Å². The first-order valence-corrected chi connectivity index (χ1v) is 14.0. The number of aryl methyl sites for hydroxylation is 1. The topological polar surface area (TPSA) is 98.9 Å². The Morgan fingerprint density at radius 2 is 2.00 bits per heavy atom. The average Bonchev–Trinajstić information content (AvgIpc) is 3.03. The number of hydrogen-bond donors (Lipinski definition) is 1. The van der Waals surface area contributed by atoms with Crippen molar-refractivity contribution in [1.82, 2.24) is 4.90 Å². The van der Waals surface area contributed by atoms with Crippen LogP contribution in [0.25, 0.3) is 16.7 Å². The quantitative estimate of drug-likeness (QED) is 0.439. The summed E-state index contributed by atoms with van der Waals surface area (Å²) in [5.74, 6) is -0.444. The summed E-state index contributed by atoms with van der Waals surface area (Å²) in [7, 11) is -3.36. The second-order valence-corrected chi connectivity index (χ2v) is 11.6. The number of sulfone groups is 1. The van der Waals surface area contributed by atoms with E-state index in [2.05, 4.69) is 4.90 Å². The normalized spacial score (nSPS) is 21.1. The molecule has 1 spiro atoms. The van der Waals surface area contributed by atoms with Crippen LogP contribution >= 0.6 is 11.6 Å². The minimum atomic E-state index is -3.36. The predicted octanol–water partition coefficient (Wildman–Crippen LogP) is 3.82. The zero-order valence-electron chi connectivity index (χ0n) is 20.3. The number of likely N-dealkylation sites (tertiary alicyclic amines) is 1. The lowest BCUT2D eigenvalue weighted by Gasteiger charge is -2.39. The van der Waals surface area contributed by atoms with Gasteiger partial charge in [-0.3, -0.25) is 4.90 Å². The number of ether oxygens (including phenoxy) is 2. The number of benzene rings is 2. The number of carbonyl (C=O) groups is 1. The molecule has 0 saturated carbocycles. The fraction of sp³-hybridized carbons (Fsp3) is 0.423. The molecule has 35 heavy (non-hydrogen) atoms. The van der Waals surface area contributed by atoms with Crippen LogP contribution in [0.15, 0.2) is 47.0 Å². The number of halogens is 1. The summed E-state index contributed by atoms with van der Waals surface area (Å²) in [6.07, 6.45) is 2.70. The largest absolute Gasteiger partial charge is 0.448 e. The highest BCUT2D eigenvalue weighted by Crippen LogP contribution is 2.43. The Morgan fingerprint density at radius 3 is 2.71 bits per heavy atom. The molecule has 0 amide bonds. The van der Waals surface area contributed by atoms with Crippen LogP contribution in [-0.4, -0.2) is 64.0 Å². The lowest BCUT2D eigenvalue weighted by Crippen LogP contribution is -2.51. The van der Waals surface area contributed by atoms with Gasteiger partial charge in [-0.25, -0.2) is 13.2 Å². The molecule has 188 valence electrons. The molecule has 1 fully saturated rings. The first kappa shape index (κ1) is 25.7. The number of piperidine rings is 1. The van der Waals surface area contributed by atoms with E-state index in [0.29, 0.717) is 59.2 Å². The molecule has 7 nitrogen and oxygen atoms in total. The van der Waals surface area contributed by atoms with E-state index in [1.165, 1.54) is 6.26 Å². The number of nitrogens with zero attached hydrogens (tertiary/aromatic N) is 1. The second-order valence-electron chi connectivity index (χ2n) is 9.20. The third kappa shape index (κ3) is 5.11. The van der Waals surface area contributed by atoms with Crippen LogP contribution in [0.1, 0.15) is 30.9 Å². The van der Waals surface area contributed by atoms with Gasteiger partial charge in [0.25, 0.3) is 0 Å². The second kappa shape index (κ2) is 9.93. The number of hydrogen-bond acceptors (Lipinski definition) is 7. The van der Waals surface area contributed by atoms with Crippen molar-refractivity contribution >= 4 is 33.0 Å². The fourth-order valence-electron chi connectivity index (χ4n) is 4.88. The molecular formula is C26H31ClN2O5S. The van der Waals surface area contributed by atoms with Crippen molar-refractivity contribution in [3.8, 4) is 11.1 Å². The predicted molar refractivity (Wildman–Crippen MR) is 137 cm³/mol. The summed E-state index contributed by atoms with van der Waals surface area (Å²) in [4.78, 5) is 15.5. The highest BCUT2D eigenvalue weighted by atomic mass is 35.5. The number of carbonyl (C=O) groups excluding carboxylic acids is 1. The third-order valence-corrected chi connectivity index (χ3v) is 8.12. The minimum Gasteiger partial charge on any atom is -0.448 e. The smallest absolute Gasteiger partial charge is 0.341 e. The first-order chi connectivity index (χ1) is 16.6. The standard InChI is InChI=1S/C26H31ClN2O5S/c1-4-33-12-11-29-10-6-9-26(16-29)24(28)23(25(30)34-26)20-15-22(27)21(13-17(20)2)18-7-5-8-19(14-18)35(3,31)32/h5,7-8,13-15H,4,6,9-12,16,28H2,1-3H3. The molecule has 0 radical (unpaired) electrons. The lowest BCUT2D eigenvalue weighted by molar-refractivity contribution is -0.149. The van der Waals surface area contributed by atoms with Crippen molar-refractivity contribution in [2.24, 2.45) is 5.73 Å². The van der Waals surface area contributed by atoms with Crippen molar-refractivity contribution in [2.75, 3.05) is 39.1 Å². The van der Waals surface area contributed by atoms with Crippen LogP contribution in [0.3, 0.4) is 0 Å². The Labute approximate surface area is 211 Å². The summed E-state index contributed by atoms with van der Waals surface area (Å²) < 4.78 is 35.4. The maximum atomic E-state index is 13.1. The van der Waals surface area contributed by atoms with Crippen LogP contribution in [0.4, 0.5) is 0 Å². The zero-order valence-corrected chi connectivity index (χ0v) is 21.8. The number of nitrogens with two attached hydrogens (primary N) is 1. The van der Waals surface area contributed by atoms with Gasteiger partial charge in [0.2, 0.25) is 0 Å². The van der Waals surface area contributed by atoms with Gasteiger partial charge in [-0.2, -0.15) is 0 Å². The zero-order chi connectivity index (χ0) is 25.4. The first-order valence-electron chi connectivity index (χ1n) is 11.7. The van der Waals surface area contributed by atoms with E-state index in [9.17, 15) is 13.2 Å². The van der Waals surface area contributed by atoms with Crippen LogP contribution in [0, 0.1) is 6.92 Å². The van der Waals surface area contributed by atoms with Crippen LogP contribution < -0.4 is 5.73 Å². The summed E-state index contributed by atoms with van der Waals surface area (Å²) in [6.45, 7) is 7.31. The summed E-state index contributed by atoms with van der Waals surface area (Å²) in [5.41, 5.74) is 9.36. The van der Waals surface area contributed by atoms with Crippen LogP contribution in [-0.2, 0) is 24.1 Å². The van der Waals surface area contributed by atoms with Gasteiger partial charge < -0.3 is 15.2 Å². The summed E-state index contributed by atoms with van der Waals surface area (Å²) in [6, 6.07) is 10.2. The van der Waals surface area contributed by atoms with Gasteiger partial charge in [-0.15, -0.1) is 0 Å². The van der Waals surface area contributed by atoms with Crippen LogP contribution in [0.2, 0.25) is 5.02 Å². The monoisotopic (exact) mass is 518 g/mol. The highest BCUT2D eigenvalue weighted by Gasteiger charge is 2.49. The Balaban J connectivity index is 1.69. The van der Waals surface area contributed by atoms with E-state index in [-0.39, 0.29) is 4.90 Å². The molecule has 4 rings (SSSR count). The maximum Gasteiger partial charge on any atom is 0.341 e. The van der Waals surface area contributed by atoms with E-state index >= 15 is 0 Å². The lowest BCUT2D eigenvalue weighted by atomic mass is 9.86. The Kier molecular flexibility index (Phi) is 7.29. The van der Waals surface area contributed by atoms with Crippen molar-refractivity contribution in [3.63, 3.8) is 0 Å². The molecule has 2 aromatic carbocycles. The van der Waals surface area contributed by atoms with E-state index in [0.717, 1.165) is 25.1 Å². The molecule has 2 aromatic rings. The SMILES string of the molecule is CCOCCN1CCCC2(C1)OC(=O)C(c1cc(Cl)c(-c3cccc(S(C)(=O)=O)c3)cc1C)=C2N. The molecule has 0 bridgehead atoms. The molecule has 1 saturated heterocycles. The van der Waals surface area contributed by atoms with Crippen molar-refractivity contribution in [1.29, 1.82) is 0 Å². The maximum absolute atomic E-state index is 13.1. The molecule has 1 atom stereocenters. The van der Waals surface area contributed by atoms with Crippen molar-refractivity contribution in [2.45, 2.75) is 37.2 Å². The number of esters is 1. The molecule has 2 N–H and O–H groups in total. The van der Waals surface area contributed by atoms with Gasteiger partial charge in [-0.1, -0.05) is 23.7 Å². The van der Waals surface area contributed by atoms with Crippen molar-refractivity contribution in [3.05, 3.63) is 58.2 Å². The molecule has 2 aliphatic rings. The summed E-state index contributed by atoms with van der Waals surface area (Å²) >= 11 is 6.66. The van der Waals surface area contributed by atoms with E-state index in [1.54, 1.807) is 30.3 Å². The summed E-state index contributed by atoms with van der Waals surface area (Å²) in [5, 5.41) is 0.396. The van der Waals surface area contributed by atoms with Crippen molar-refractivity contribution < 1.29 is 22.7 Å². The molecule has 2 aliphatic heterocycles. The van der Waals surface area contributed by atoms with Gasteiger partial charge in [0.05, 0.1) is 22.8 Å². The molecular weight excluding hydrogens is 488 g/mol. The number of rotatable bonds is 7. The molecule has 2 heterocycles. The van der Waals surface area contributed by atoms with E-state index in [4.69, 9.17) is 26.8 Å². The average molecular weight is 519 g/mol. The van der Waals surface area contributed by atoms with Gasteiger partial charge in [-0.05, 0) is 74.2 Å². The Hall–Kier alpha value is -2.39. The molecule has 0 aromatic heterocycles. The minimum absolute atomic E-state index is 0.215. The Bertz CT molecular complexity index is 1290. The van der Waals surface area contributed by atoms with Gasteiger partial charge >= 0.3 is 5.97 Å². The highest BCUT2D eigenvalue weighted by molar-refractivity contribution is 7.90. The molecule has 9 heteroatoms.